The van der Waals surface area contributed by atoms with Crippen molar-refractivity contribution in [3.8, 4) is 17.0 Å². The monoisotopic (exact) mass is 375 g/mol. The van der Waals surface area contributed by atoms with Gasteiger partial charge in [0.15, 0.2) is 0 Å². The van der Waals surface area contributed by atoms with E-state index in [-0.39, 0.29) is 0 Å². The molecule has 0 amide bonds. The summed E-state index contributed by atoms with van der Waals surface area (Å²) < 4.78 is 7.23. The predicted molar refractivity (Wildman–Crippen MR) is 110 cm³/mol. The summed E-state index contributed by atoms with van der Waals surface area (Å²) in [5, 5.41) is 5.75. The number of benzene rings is 2. The summed E-state index contributed by atoms with van der Waals surface area (Å²) >= 11 is 1.71. The lowest BCUT2D eigenvalue weighted by molar-refractivity contribution is 0.414. The highest BCUT2D eigenvalue weighted by Crippen LogP contribution is 2.30. The number of thioether (sulfide) groups is 1. The molecule has 0 saturated heterocycles. The lowest BCUT2D eigenvalue weighted by atomic mass is 10.0. The number of aryl methyl sites for hydroxylation is 2. The first-order valence-corrected chi connectivity index (χ1v) is 9.80. The number of hydrogen-bond acceptors (Lipinski definition) is 4. The van der Waals surface area contributed by atoms with Gasteiger partial charge in [-0.2, -0.15) is 5.10 Å². The van der Waals surface area contributed by atoms with Gasteiger partial charge in [0.05, 0.1) is 18.3 Å². The minimum Gasteiger partial charge on any atom is -0.497 e. The van der Waals surface area contributed by atoms with Crippen molar-refractivity contribution in [1.29, 1.82) is 0 Å². The van der Waals surface area contributed by atoms with Gasteiger partial charge in [-0.25, -0.2) is 9.50 Å². The van der Waals surface area contributed by atoms with Crippen LogP contribution in [0.5, 0.6) is 5.75 Å². The van der Waals surface area contributed by atoms with Gasteiger partial charge in [0.25, 0.3) is 0 Å². The van der Waals surface area contributed by atoms with Gasteiger partial charge < -0.3 is 4.74 Å². The molecule has 0 aliphatic rings. The average Bonchev–Trinajstić information content (AvgIpc) is 3.13. The van der Waals surface area contributed by atoms with E-state index in [1.807, 2.05) is 22.8 Å². The Hall–Kier alpha value is -2.79. The van der Waals surface area contributed by atoms with Gasteiger partial charge >= 0.3 is 0 Å². The van der Waals surface area contributed by atoms with E-state index in [0.717, 1.165) is 27.7 Å². The maximum absolute atomic E-state index is 5.31. The summed E-state index contributed by atoms with van der Waals surface area (Å²) in [7, 11) is 1.69. The predicted octanol–water partition coefficient (Wildman–Crippen LogP) is 5.31. The number of fused-ring (bicyclic) bond motifs is 1. The molecular formula is C22H21N3OS. The first kappa shape index (κ1) is 17.6. The Balaban J connectivity index is 1.66. The molecule has 0 aliphatic heterocycles. The van der Waals surface area contributed by atoms with E-state index in [0.29, 0.717) is 0 Å². The van der Waals surface area contributed by atoms with Crippen molar-refractivity contribution in [1.82, 2.24) is 14.6 Å². The summed E-state index contributed by atoms with van der Waals surface area (Å²) in [6.07, 6.45) is 3.71. The average molecular weight is 375 g/mol. The summed E-state index contributed by atoms with van der Waals surface area (Å²) in [4.78, 5) is 4.58. The molecule has 0 unspecified atom stereocenters. The molecule has 4 nitrogen and oxygen atoms in total. The fourth-order valence-corrected chi connectivity index (χ4v) is 3.99. The Labute approximate surface area is 163 Å². The summed E-state index contributed by atoms with van der Waals surface area (Å²) in [6.45, 7) is 4.23. The number of nitrogens with zero attached hydrogens (tertiary/aromatic N) is 3. The van der Waals surface area contributed by atoms with Crippen LogP contribution in [-0.4, -0.2) is 21.7 Å². The first-order valence-electron chi connectivity index (χ1n) is 8.82. The van der Waals surface area contributed by atoms with Gasteiger partial charge in [-0.15, -0.1) is 0 Å². The number of hydrogen-bond donors (Lipinski definition) is 0. The molecule has 4 aromatic rings. The smallest absolute Gasteiger partial charge is 0.122 e. The van der Waals surface area contributed by atoms with Gasteiger partial charge in [-0.1, -0.05) is 41.6 Å². The zero-order valence-electron chi connectivity index (χ0n) is 15.6. The number of ether oxygens (including phenoxy) is 1. The van der Waals surface area contributed by atoms with Crippen LogP contribution in [0, 0.1) is 13.8 Å². The van der Waals surface area contributed by atoms with Gasteiger partial charge in [-0.3, -0.25) is 0 Å². The molecule has 0 atom stereocenters. The van der Waals surface area contributed by atoms with Crippen LogP contribution in [0.2, 0.25) is 0 Å². The summed E-state index contributed by atoms with van der Waals surface area (Å²) in [5.74, 6) is 1.70. The lowest BCUT2D eigenvalue weighted by Crippen LogP contribution is -1.92. The van der Waals surface area contributed by atoms with Gasteiger partial charge in [0, 0.05) is 23.7 Å². The molecule has 0 bridgehead atoms. The van der Waals surface area contributed by atoms with Crippen LogP contribution in [0.4, 0.5) is 0 Å². The van der Waals surface area contributed by atoms with E-state index in [4.69, 9.17) is 9.84 Å². The van der Waals surface area contributed by atoms with Crippen molar-refractivity contribution in [2.24, 2.45) is 0 Å². The maximum atomic E-state index is 5.31. The van der Waals surface area contributed by atoms with Crippen LogP contribution in [0.1, 0.15) is 16.7 Å². The molecule has 2 aromatic heterocycles. The van der Waals surface area contributed by atoms with E-state index in [1.165, 1.54) is 22.3 Å². The third kappa shape index (κ3) is 3.69. The van der Waals surface area contributed by atoms with Crippen LogP contribution in [-0.2, 0) is 5.75 Å². The topological polar surface area (TPSA) is 39.4 Å². The minimum atomic E-state index is 0.827. The van der Waals surface area contributed by atoms with E-state index in [1.54, 1.807) is 25.1 Å². The molecule has 2 aromatic carbocycles. The van der Waals surface area contributed by atoms with Crippen molar-refractivity contribution in [3.63, 3.8) is 0 Å². The Morgan fingerprint density at radius 3 is 2.81 bits per heavy atom. The molecule has 5 heteroatoms. The van der Waals surface area contributed by atoms with Crippen LogP contribution in [0.15, 0.2) is 66.0 Å². The maximum Gasteiger partial charge on any atom is 0.122 e. The third-order valence-electron chi connectivity index (χ3n) is 4.53. The molecule has 0 aliphatic carbocycles. The highest BCUT2D eigenvalue weighted by Gasteiger charge is 2.11. The molecular weight excluding hydrogens is 354 g/mol. The normalized spacial score (nSPS) is 11.1. The number of aromatic nitrogens is 3. The Bertz CT molecular complexity index is 1100. The summed E-state index contributed by atoms with van der Waals surface area (Å²) in [6, 6.07) is 16.7. The second kappa shape index (κ2) is 7.45. The molecule has 136 valence electrons. The molecule has 0 saturated carbocycles. The fourth-order valence-electron chi connectivity index (χ4n) is 3.07. The number of rotatable bonds is 5. The molecule has 0 spiro atoms. The highest BCUT2D eigenvalue weighted by molar-refractivity contribution is 7.98. The van der Waals surface area contributed by atoms with Crippen molar-refractivity contribution in [2.75, 3.05) is 7.11 Å². The van der Waals surface area contributed by atoms with Crippen molar-refractivity contribution in [3.05, 3.63) is 77.6 Å². The zero-order valence-corrected chi connectivity index (χ0v) is 16.5. The van der Waals surface area contributed by atoms with Gasteiger partial charge in [-0.05, 0) is 49.2 Å². The summed E-state index contributed by atoms with van der Waals surface area (Å²) in [5.41, 5.74) is 6.84. The SMILES string of the molecule is COc1cccc(CSc2nccn3nc(-c4cc(C)ccc4C)cc23)c1. The van der Waals surface area contributed by atoms with Crippen molar-refractivity contribution < 1.29 is 4.74 Å². The quantitative estimate of drug-likeness (QED) is 0.443. The van der Waals surface area contributed by atoms with Crippen LogP contribution in [0.25, 0.3) is 16.8 Å². The largest absolute Gasteiger partial charge is 0.497 e. The molecule has 0 fully saturated rings. The molecule has 27 heavy (non-hydrogen) atoms. The lowest BCUT2D eigenvalue weighted by Gasteiger charge is -2.05. The third-order valence-corrected chi connectivity index (χ3v) is 5.60. The number of methoxy groups -OCH3 is 1. The van der Waals surface area contributed by atoms with Crippen LogP contribution in [0.3, 0.4) is 0 Å². The minimum absolute atomic E-state index is 0.827. The van der Waals surface area contributed by atoms with Crippen molar-refractivity contribution >= 4 is 17.3 Å². The fraction of sp³-hybridized carbons (Fsp3) is 0.182. The Kier molecular flexibility index (Phi) is 4.86. The Morgan fingerprint density at radius 2 is 1.96 bits per heavy atom. The molecule has 0 radical (unpaired) electrons. The van der Waals surface area contributed by atoms with E-state index < -0.39 is 0 Å². The second-order valence-corrected chi connectivity index (χ2v) is 7.51. The van der Waals surface area contributed by atoms with Crippen LogP contribution < -0.4 is 4.74 Å². The van der Waals surface area contributed by atoms with E-state index in [2.05, 4.69) is 55.2 Å². The zero-order chi connectivity index (χ0) is 18.8. The highest BCUT2D eigenvalue weighted by atomic mass is 32.2. The standard InChI is InChI=1S/C22H21N3OS/c1-15-7-8-16(2)19(11-15)20-13-21-22(23-9-10-25(21)24-20)27-14-17-5-4-6-18(12-17)26-3/h4-13H,14H2,1-3H3. The van der Waals surface area contributed by atoms with E-state index in [9.17, 15) is 0 Å². The van der Waals surface area contributed by atoms with Gasteiger partial charge in [0.2, 0.25) is 0 Å². The second-order valence-electron chi connectivity index (χ2n) is 6.55. The van der Waals surface area contributed by atoms with Crippen molar-refractivity contribution in [2.45, 2.75) is 24.6 Å². The molecule has 0 N–H and O–H groups in total. The molecule has 2 heterocycles. The first-order chi connectivity index (χ1) is 13.1. The molecule has 4 rings (SSSR count). The van der Waals surface area contributed by atoms with Gasteiger partial charge in [0.1, 0.15) is 10.8 Å². The van der Waals surface area contributed by atoms with E-state index >= 15 is 0 Å². The van der Waals surface area contributed by atoms with Crippen LogP contribution >= 0.6 is 11.8 Å². The Morgan fingerprint density at radius 1 is 1.07 bits per heavy atom.